The molecule has 5 rings (SSSR count). The first kappa shape index (κ1) is 19.0. The van der Waals surface area contributed by atoms with Gasteiger partial charge >= 0.3 is 0 Å². The van der Waals surface area contributed by atoms with E-state index in [4.69, 9.17) is 9.73 Å². The number of benzene rings is 3. The summed E-state index contributed by atoms with van der Waals surface area (Å²) in [5.41, 5.74) is 3.67. The predicted molar refractivity (Wildman–Crippen MR) is 127 cm³/mol. The van der Waals surface area contributed by atoms with Gasteiger partial charge < -0.3 is 4.74 Å². The Kier molecular flexibility index (Phi) is 5.34. The molecule has 2 nitrogen and oxygen atoms in total. The molecule has 1 aliphatic heterocycles. The fraction of sp³-hybridized carbons (Fsp3) is 0.148. The number of aliphatic imine (C=N–C) groups is 1. The van der Waals surface area contributed by atoms with Crippen LogP contribution in [0.2, 0.25) is 0 Å². The Morgan fingerprint density at radius 3 is 2.13 bits per heavy atom. The number of allylic oxidation sites excluding steroid dienone is 2. The first-order valence-corrected chi connectivity index (χ1v) is 11.7. The predicted octanol–water partition coefficient (Wildman–Crippen LogP) is 5.70. The van der Waals surface area contributed by atoms with Crippen LogP contribution in [-0.4, -0.2) is 11.9 Å². The fourth-order valence-electron chi connectivity index (χ4n) is 4.14. The molecule has 0 N–H and O–H groups in total. The number of fused-ring (bicyclic) bond motifs is 1. The molecule has 0 aromatic heterocycles. The van der Waals surface area contributed by atoms with Crippen molar-refractivity contribution in [3.05, 3.63) is 119 Å². The number of hydrogen-bond acceptors (Lipinski definition) is 2. The highest BCUT2D eigenvalue weighted by atomic mass is 31.1. The van der Waals surface area contributed by atoms with E-state index >= 15 is 0 Å². The summed E-state index contributed by atoms with van der Waals surface area (Å²) >= 11 is 0. The summed E-state index contributed by atoms with van der Waals surface area (Å²) in [5, 5.41) is 4.17. The van der Waals surface area contributed by atoms with Crippen LogP contribution in [0.1, 0.15) is 24.5 Å². The highest BCUT2D eigenvalue weighted by Crippen LogP contribution is 2.50. The van der Waals surface area contributed by atoms with Crippen LogP contribution in [0, 0.1) is 0 Å². The van der Waals surface area contributed by atoms with Gasteiger partial charge in [-0.1, -0.05) is 91.0 Å². The van der Waals surface area contributed by atoms with Gasteiger partial charge in [-0.15, -0.1) is 0 Å². The Morgan fingerprint density at radius 2 is 1.43 bits per heavy atom. The average molecular weight is 409 g/mol. The summed E-state index contributed by atoms with van der Waals surface area (Å²) < 4.78 is 5.93. The van der Waals surface area contributed by atoms with Crippen molar-refractivity contribution in [1.29, 1.82) is 0 Å². The summed E-state index contributed by atoms with van der Waals surface area (Å²) in [6.45, 7) is 2.80. The van der Waals surface area contributed by atoms with Crippen molar-refractivity contribution in [3.63, 3.8) is 0 Å². The van der Waals surface area contributed by atoms with Crippen molar-refractivity contribution in [2.45, 2.75) is 26.0 Å². The molecular weight excluding hydrogens is 385 g/mol. The number of ether oxygens (including phenoxy) is 1. The van der Waals surface area contributed by atoms with E-state index in [9.17, 15) is 0 Å². The molecule has 2 aliphatic rings. The van der Waals surface area contributed by atoms with Crippen molar-refractivity contribution in [1.82, 2.24) is 0 Å². The van der Waals surface area contributed by atoms with Crippen LogP contribution < -0.4 is 10.6 Å². The minimum atomic E-state index is -0.612. The van der Waals surface area contributed by atoms with Gasteiger partial charge in [0.05, 0.1) is 6.04 Å². The maximum Gasteiger partial charge on any atom is 0.217 e. The first-order chi connectivity index (χ1) is 14.8. The third kappa shape index (κ3) is 3.64. The van der Waals surface area contributed by atoms with Gasteiger partial charge in [-0.3, -0.25) is 0 Å². The van der Waals surface area contributed by atoms with Gasteiger partial charge in [-0.05, 0) is 48.8 Å². The molecule has 0 saturated carbocycles. The van der Waals surface area contributed by atoms with Crippen LogP contribution in [0.3, 0.4) is 0 Å². The van der Waals surface area contributed by atoms with Crippen LogP contribution in [-0.2, 0) is 11.3 Å². The molecule has 30 heavy (non-hydrogen) atoms. The zero-order valence-electron chi connectivity index (χ0n) is 17.0. The van der Waals surface area contributed by atoms with Crippen molar-refractivity contribution < 1.29 is 4.74 Å². The van der Waals surface area contributed by atoms with Crippen LogP contribution in [0.15, 0.2) is 113 Å². The molecule has 3 aromatic rings. The molecule has 0 fully saturated rings. The monoisotopic (exact) mass is 409 g/mol. The second kappa shape index (κ2) is 8.42. The molecule has 1 atom stereocenters. The number of nitrogens with zero attached hydrogens (tertiary/aromatic N) is 1. The Bertz CT molecular complexity index is 1090. The summed E-state index contributed by atoms with van der Waals surface area (Å²) in [4.78, 5) is 5.01. The second-order valence-electron chi connectivity index (χ2n) is 7.55. The number of hydrogen-bond donors (Lipinski definition) is 0. The average Bonchev–Trinajstić information content (AvgIpc) is 3.43. The van der Waals surface area contributed by atoms with E-state index in [2.05, 4.69) is 104 Å². The summed E-state index contributed by atoms with van der Waals surface area (Å²) in [7, 11) is -0.612. The molecule has 148 valence electrons. The van der Waals surface area contributed by atoms with Crippen molar-refractivity contribution in [3.8, 4) is 0 Å². The van der Waals surface area contributed by atoms with E-state index in [0.29, 0.717) is 6.61 Å². The Labute approximate surface area is 179 Å². The van der Waals surface area contributed by atoms with E-state index in [0.717, 1.165) is 17.9 Å². The van der Waals surface area contributed by atoms with E-state index < -0.39 is 7.92 Å². The molecule has 0 unspecified atom stereocenters. The molecule has 0 amide bonds. The molecule has 1 heterocycles. The lowest BCUT2D eigenvalue weighted by molar-refractivity contribution is 0.310. The van der Waals surface area contributed by atoms with E-state index in [1.54, 1.807) is 0 Å². The Morgan fingerprint density at radius 1 is 0.800 bits per heavy atom. The molecular formula is C27H24NOP. The third-order valence-corrected chi connectivity index (χ3v) is 8.14. The molecule has 3 heteroatoms. The van der Waals surface area contributed by atoms with E-state index in [1.807, 2.05) is 0 Å². The van der Waals surface area contributed by atoms with Gasteiger partial charge in [-0.25, -0.2) is 4.99 Å². The van der Waals surface area contributed by atoms with E-state index in [-0.39, 0.29) is 6.04 Å². The molecule has 0 radical (unpaired) electrons. The zero-order valence-corrected chi connectivity index (χ0v) is 17.9. The summed E-state index contributed by atoms with van der Waals surface area (Å²) in [6.07, 6.45) is 5.70. The molecule has 0 saturated heterocycles. The minimum Gasteiger partial charge on any atom is -0.473 e. The number of rotatable bonds is 5. The molecule has 0 spiro atoms. The van der Waals surface area contributed by atoms with Crippen molar-refractivity contribution in [2.24, 2.45) is 4.99 Å². The van der Waals surface area contributed by atoms with Crippen LogP contribution >= 0.6 is 7.92 Å². The van der Waals surface area contributed by atoms with Crippen LogP contribution in [0.4, 0.5) is 0 Å². The van der Waals surface area contributed by atoms with Gasteiger partial charge in [0, 0.05) is 11.1 Å². The lowest BCUT2D eigenvalue weighted by Gasteiger charge is -2.24. The highest BCUT2D eigenvalue weighted by molar-refractivity contribution is 7.77. The SMILES string of the molecule is C[C@@H](/N=C1\OCc2ccccc21)C1=CCC=C1P(c1ccccc1)c1ccccc1. The summed E-state index contributed by atoms with van der Waals surface area (Å²) in [5.74, 6) is 0.772. The Balaban J connectivity index is 1.50. The standard InChI is InChI=1S/C27H24NOP/c1-20(28-27-25-16-9-8-11-21(25)19-29-27)24-17-10-18-26(24)30(22-12-4-2-5-13-22)23-14-6-3-7-15-23/h2-9,11-18,20H,10,19H2,1H3/b28-27-/t20-/m1/s1. The van der Waals surface area contributed by atoms with Crippen molar-refractivity contribution in [2.75, 3.05) is 0 Å². The molecule has 1 aliphatic carbocycles. The normalized spacial score (nSPS) is 17.5. The first-order valence-electron chi connectivity index (χ1n) is 10.4. The molecule has 0 bridgehead atoms. The second-order valence-corrected chi connectivity index (χ2v) is 9.73. The maximum absolute atomic E-state index is 5.93. The van der Waals surface area contributed by atoms with Gasteiger partial charge in [0.2, 0.25) is 5.90 Å². The smallest absolute Gasteiger partial charge is 0.217 e. The minimum absolute atomic E-state index is 0.0531. The van der Waals surface area contributed by atoms with Gasteiger partial charge in [0.15, 0.2) is 0 Å². The maximum atomic E-state index is 5.93. The summed E-state index contributed by atoms with van der Waals surface area (Å²) in [6, 6.07) is 30.1. The Hall–Kier alpha value is -2.96. The largest absolute Gasteiger partial charge is 0.473 e. The fourth-order valence-corrected chi connectivity index (χ4v) is 6.76. The highest BCUT2D eigenvalue weighted by Gasteiger charge is 2.27. The zero-order chi connectivity index (χ0) is 20.3. The topological polar surface area (TPSA) is 21.6 Å². The molecule has 3 aromatic carbocycles. The third-order valence-electron chi connectivity index (χ3n) is 5.59. The lowest BCUT2D eigenvalue weighted by atomic mass is 10.1. The van der Waals surface area contributed by atoms with Gasteiger partial charge in [0.25, 0.3) is 0 Å². The van der Waals surface area contributed by atoms with Gasteiger partial charge in [0.1, 0.15) is 6.61 Å². The lowest BCUT2D eigenvalue weighted by Crippen LogP contribution is -2.16. The van der Waals surface area contributed by atoms with E-state index in [1.165, 1.54) is 27.1 Å². The van der Waals surface area contributed by atoms with Crippen LogP contribution in [0.25, 0.3) is 0 Å². The van der Waals surface area contributed by atoms with Crippen molar-refractivity contribution >= 4 is 24.4 Å². The van der Waals surface area contributed by atoms with Crippen LogP contribution in [0.5, 0.6) is 0 Å². The quantitative estimate of drug-likeness (QED) is 0.496. The van der Waals surface area contributed by atoms with Gasteiger partial charge in [-0.2, -0.15) is 0 Å².